The molecule has 1 saturated heterocycles. The largest absolute Gasteiger partial charge is 0.306 e. The average Bonchev–Trinajstić information content (AvgIpc) is 3.07. The molecular formula is C23H10N4S2. The van der Waals surface area contributed by atoms with Gasteiger partial charge in [-0.25, -0.2) is 0 Å². The summed E-state index contributed by atoms with van der Waals surface area (Å²) in [5.74, 6) is 0. The lowest BCUT2D eigenvalue weighted by Crippen LogP contribution is -1.99. The lowest BCUT2D eigenvalue weighted by molar-refractivity contribution is 1.15. The van der Waals surface area contributed by atoms with E-state index in [4.69, 9.17) is 0 Å². The highest BCUT2D eigenvalue weighted by Crippen LogP contribution is 2.55. The summed E-state index contributed by atoms with van der Waals surface area (Å²) in [6.07, 6.45) is 0. The lowest BCUT2D eigenvalue weighted by Gasteiger charge is -2.10. The third kappa shape index (κ3) is 2.07. The molecule has 0 radical (unpaired) electrons. The lowest BCUT2D eigenvalue weighted by atomic mass is 9.93. The van der Waals surface area contributed by atoms with Crippen molar-refractivity contribution < 1.29 is 0 Å². The summed E-state index contributed by atoms with van der Waals surface area (Å²) < 4.78 is 0. The summed E-state index contributed by atoms with van der Waals surface area (Å²) in [7, 11) is 0. The van der Waals surface area contributed by atoms with Crippen molar-refractivity contribution in [3.63, 3.8) is 0 Å². The van der Waals surface area contributed by atoms with Gasteiger partial charge in [0.05, 0.1) is 17.7 Å². The summed E-state index contributed by atoms with van der Waals surface area (Å²) in [5, 5.41) is 36.2. The van der Waals surface area contributed by atoms with Crippen molar-refractivity contribution >= 4 is 33.8 Å². The van der Waals surface area contributed by atoms with E-state index in [0.717, 1.165) is 66.4 Å². The van der Waals surface area contributed by atoms with Crippen LogP contribution in [0.25, 0.3) is 32.0 Å². The minimum atomic E-state index is 0.124. The highest BCUT2D eigenvalue weighted by atomic mass is 32.1. The van der Waals surface area contributed by atoms with Gasteiger partial charge in [0, 0.05) is 49.7 Å². The van der Waals surface area contributed by atoms with Gasteiger partial charge in [0.25, 0.3) is 0 Å². The van der Waals surface area contributed by atoms with E-state index in [2.05, 4.69) is 47.1 Å². The summed E-state index contributed by atoms with van der Waals surface area (Å²) >= 11 is 3.28. The first-order chi connectivity index (χ1) is 14.3. The molecule has 6 heteroatoms. The van der Waals surface area contributed by atoms with Gasteiger partial charge >= 0.3 is 0 Å². The minimum absolute atomic E-state index is 0.124. The van der Waals surface area contributed by atoms with Crippen molar-refractivity contribution in [2.45, 2.75) is 6.04 Å². The van der Waals surface area contributed by atoms with Gasteiger partial charge in [0.15, 0.2) is 0 Å². The SMILES string of the molecule is N#CC(C#N)=C1c2cc3c(cc2-c2sccc21)/C(=C(/C#N)C1CN1)c1ccsc1-3. The van der Waals surface area contributed by atoms with E-state index in [1.807, 2.05) is 11.4 Å². The van der Waals surface area contributed by atoms with Crippen LogP contribution in [0.15, 0.2) is 46.2 Å². The van der Waals surface area contributed by atoms with Gasteiger partial charge in [0.2, 0.25) is 0 Å². The number of nitrogens with zero attached hydrogens (tertiary/aromatic N) is 3. The Labute approximate surface area is 174 Å². The Hall–Kier alpha value is -3.47. The van der Waals surface area contributed by atoms with Crippen LogP contribution in [0.4, 0.5) is 0 Å². The molecule has 2 aromatic heterocycles. The highest BCUT2D eigenvalue weighted by molar-refractivity contribution is 7.14. The summed E-state index contributed by atoms with van der Waals surface area (Å²) in [6.45, 7) is 0.835. The minimum Gasteiger partial charge on any atom is -0.306 e. The Morgan fingerprint density at radius 2 is 1.34 bits per heavy atom. The normalized spacial score (nSPS) is 18.7. The summed E-state index contributed by atoms with van der Waals surface area (Å²) in [5.41, 5.74) is 8.88. The van der Waals surface area contributed by atoms with Gasteiger partial charge < -0.3 is 5.32 Å². The number of benzene rings is 1. The fourth-order valence-electron chi connectivity index (χ4n) is 4.38. The summed E-state index contributed by atoms with van der Waals surface area (Å²) in [4.78, 5) is 2.23. The van der Waals surface area contributed by atoms with E-state index in [0.29, 0.717) is 0 Å². The molecule has 3 aliphatic rings. The van der Waals surface area contributed by atoms with Crippen LogP contribution in [0.3, 0.4) is 0 Å². The monoisotopic (exact) mass is 406 g/mol. The number of rotatable bonds is 1. The van der Waals surface area contributed by atoms with Crippen LogP contribution in [-0.4, -0.2) is 12.6 Å². The van der Waals surface area contributed by atoms with Gasteiger partial charge in [-0.05, 0) is 46.2 Å². The van der Waals surface area contributed by atoms with Gasteiger partial charge in [-0.2, -0.15) is 15.8 Å². The fraction of sp³-hybridized carbons (Fsp3) is 0.0870. The fourth-order valence-corrected chi connectivity index (χ4v) is 6.24. The molecule has 1 unspecified atom stereocenters. The van der Waals surface area contributed by atoms with Crippen molar-refractivity contribution in [2.24, 2.45) is 0 Å². The first kappa shape index (κ1) is 16.5. The molecule has 0 spiro atoms. The number of fused-ring (bicyclic) bond motifs is 6. The van der Waals surface area contributed by atoms with Crippen LogP contribution in [0.2, 0.25) is 0 Å². The van der Waals surface area contributed by atoms with Crippen molar-refractivity contribution in [1.82, 2.24) is 5.32 Å². The molecule has 1 aliphatic heterocycles. The van der Waals surface area contributed by atoms with Crippen LogP contribution in [0.1, 0.15) is 22.3 Å². The number of nitriles is 3. The molecule has 1 aromatic carbocycles. The molecule has 0 saturated carbocycles. The predicted molar refractivity (Wildman–Crippen MR) is 114 cm³/mol. The third-order valence-corrected chi connectivity index (χ3v) is 7.57. The van der Waals surface area contributed by atoms with Crippen molar-refractivity contribution in [1.29, 1.82) is 15.8 Å². The molecule has 3 aromatic rings. The van der Waals surface area contributed by atoms with E-state index in [-0.39, 0.29) is 11.6 Å². The second-order valence-electron chi connectivity index (χ2n) is 7.11. The maximum atomic E-state index is 9.86. The van der Waals surface area contributed by atoms with Crippen LogP contribution in [-0.2, 0) is 0 Å². The quantitative estimate of drug-likeness (QED) is 0.316. The topological polar surface area (TPSA) is 93.3 Å². The molecular weight excluding hydrogens is 396 g/mol. The third-order valence-electron chi connectivity index (χ3n) is 5.67. The molecule has 29 heavy (non-hydrogen) atoms. The zero-order valence-corrected chi connectivity index (χ0v) is 16.5. The summed E-state index contributed by atoms with van der Waals surface area (Å²) in [6, 6.07) is 15.0. The van der Waals surface area contributed by atoms with Crippen molar-refractivity contribution in [3.05, 3.63) is 68.4 Å². The van der Waals surface area contributed by atoms with Crippen LogP contribution < -0.4 is 5.32 Å². The molecule has 2 aliphatic carbocycles. The molecule has 6 rings (SSSR count). The molecule has 0 bridgehead atoms. The zero-order valence-electron chi connectivity index (χ0n) is 14.9. The zero-order chi connectivity index (χ0) is 19.7. The standard InChI is InChI=1S/C23H10N4S2/c24-7-11(8-25)20-12-1-3-28-22(12)16-6-15-17(5-14(16)20)23-13(2-4-29-23)21(15)18(9-26)19-10-27-19/h1-6,19,27H,10H2/b21-18-. The number of nitrogens with one attached hydrogen (secondary N) is 1. The Morgan fingerprint density at radius 1 is 0.793 bits per heavy atom. The number of thiophene rings is 2. The average molecular weight is 406 g/mol. The number of allylic oxidation sites excluding steroid dienone is 1. The Balaban J connectivity index is 1.72. The second-order valence-corrected chi connectivity index (χ2v) is 8.94. The molecule has 134 valence electrons. The number of hydrogen-bond donors (Lipinski definition) is 1. The Kier molecular flexibility index (Phi) is 3.28. The van der Waals surface area contributed by atoms with E-state index in [1.165, 1.54) is 0 Å². The van der Waals surface area contributed by atoms with Crippen LogP contribution in [0, 0.1) is 34.0 Å². The highest BCUT2D eigenvalue weighted by Gasteiger charge is 2.37. The van der Waals surface area contributed by atoms with E-state index in [1.54, 1.807) is 22.7 Å². The maximum Gasteiger partial charge on any atom is 0.138 e. The number of hydrogen-bond acceptors (Lipinski definition) is 6. The molecule has 1 fully saturated rings. The van der Waals surface area contributed by atoms with Gasteiger partial charge in [0.1, 0.15) is 17.7 Å². The van der Waals surface area contributed by atoms with Gasteiger partial charge in [-0.1, -0.05) is 0 Å². The predicted octanol–water partition coefficient (Wildman–Crippen LogP) is 4.92. The van der Waals surface area contributed by atoms with Crippen molar-refractivity contribution in [2.75, 3.05) is 6.54 Å². The molecule has 1 atom stereocenters. The van der Waals surface area contributed by atoms with Gasteiger partial charge in [-0.3, -0.25) is 0 Å². The van der Waals surface area contributed by atoms with Crippen LogP contribution in [0.5, 0.6) is 0 Å². The molecule has 3 heterocycles. The van der Waals surface area contributed by atoms with Crippen molar-refractivity contribution in [3.8, 4) is 39.1 Å². The first-order valence-corrected chi connectivity index (χ1v) is 10.8. The van der Waals surface area contributed by atoms with E-state index >= 15 is 0 Å². The molecule has 1 N–H and O–H groups in total. The second kappa shape index (κ2) is 5.77. The molecule has 4 nitrogen and oxygen atoms in total. The van der Waals surface area contributed by atoms with Crippen LogP contribution >= 0.6 is 22.7 Å². The maximum absolute atomic E-state index is 9.86. The molecule has 0 amide bonds. The smallest absolute Gasteiger partial charge is 0.138 e. The first-order valence-electron chi connectivity index (χ1n) is 9.04. The van der Waals surface area contributed by atoms with E-state index in [9.17, 15) is 15.8 Å². The Bertz CT molecular complexity index is 1420. The van der Waals surface area contributed by atoms with Gasteiger partial charge in [-0.15, -0.1) is 22.7 Å². The van der Waals surface area contributed by atoms with E-state index < -0.39 is 0 Å². The Morgan fingerprint density at radius 3 is 1.86 bits per heavy atom.